The molecule has 0 radical (unpaired) electrons. The normalized spacial score (nSPS) is 12.3. The minimum atomic E-state index is -0.359. The summed E-state index contributed by atoms with van der Waals surface area (Å²) < 4.78 is 5.10. The molecule has 1 heterocycles. The number of rotatable bonds is 6. The summed E-state index contributed by atoms with van der Waals surface area (Å²) in [6.45, 7) is 3.79. The Kier molecular flexibility index (Phi) is 5.72. The van der Waals surface area contributed by atoms with Crippen LogP contribution < -0.4 is 15.4 Å². The summed E-state index contributed by atoms with van der Waals surface area (Å²) >= 11 is 0. The lowest BCUT2D eigenvalue weighted by Crippen LogP contribution is -2.32. The van der Waals surface area contributed by atoms with E-state index in [2.05, 4.69) is 17.2 Å². The van der Waals surface area contributed by atoms with Gasteiger partial charge in [0, 0.05) is 33.8 Å². The van der Waals surface area contributed by atoms with E-state index in [0.29, 0.717) is 33.9 Å². The molecule has 1 aliphatic heterocycles. The van der Waals surface area contributed by atoms with Crippen molar-refractivity contribution in [2.45, 2.75) is 0 Å². The van der Waals surface area contributed by atoms with Crippen molar-refractivity contribution in [3.8, 4) is 5.75 Å². The summed E-state index contributed by atoms with van der Waals surface area (Å²) in [6, 6.07) is 20.6. The lowest BCUT2D eigenvalue weighted by Gasteiger charge is -2.17. The third-order valence-corrected chi connectivity index (χ3v) is 5.12. The van der Waals surface area contributed by atoms with Crippen molar-refractivity contribution in [3.63, 3.8) is 0 Å². The van der Waals surface area contributed by atoms with Crippen LogP contribution in [0.4, 0.5) is 11.4 Å². The molecule has 0 aromatic heterocycles. The van der Waals surface area contributed by atoms with Gasteiger partial charge in [-0.05, 0) is 54.6 Å². The second-order valence-corrected chi connectivity index (χ2v) is 7.19. The molecule has 0 saturated carbocycles. The van der Waals surface area contributed by atoms with E-state index >= 15 is 0 Å². The van der Waals surface area contributed by atoms with Crippen molar-refractivity contribution < 1.29 is 19.1 Å². The van der Waals surface area contributed by atoms with Crippen LogP contribution in [-0.4, -0.2) is 36.3 Å². The second-order valence-electron chi connectivity index (χ2n) is 7.19. The summed E-state index contributed by atoms with van der Waals surface area (Å²) in [5, 5.41) is 5.55. The molecule has 0 unspecified atom stereocenters. The first-order valence-corrected chi connectivity index (χ1v) is 9.92. The lowest BCUT2D eigenvalue weighted by atomic mass is 10.1. The number of anilines is 2. The van der Waals surface area contributed by atoms with E-state index in [1.54, 1.807) is 67.8 Å². The van der Waals surface area contributed by atoms with Gasteiger partial charge in [-0.25, -0.2) is 0 Å². The van der Waals surface area contributed by atoms with Crippen LogP contribution in [0.1, 0.15) is 26.3 Å². The SMILES string of the molecule is C=C1c2ccccc2C(=O)N1CC(=O)Nc1ccc(C(=O)Nc2ccc(OC)cc2)cc1. The fraction of sp³-hybridized carbons (Fsp3) is 0.0800. The molecule has 2 N–H and O–H groups in total. The first-order chi connectivity index (χ1) is 15.5. The highest BCUT2D eigenvalue weighted by molar-refractivity contribution is 6.11. The van der Waals surface area contributed by atoms with Crippen LogP contribution in [0.15, 0.2) is 79.4 Å². The van der Waals surface area contributed by atoms with Crippen molar-refractivity contribution in [2.24, 2.45) is 0 Å². The maximum absolute atomic E-state index is 12.5. The van der Waals surface area contributed by atoms with Crippen LogP contribution in [0, 0.1) is 0 Å². The zero-order valence-corrected chi connectivity index (χ0v) is 17.4. The first kappa shape index (κ1) is 20.9. The molecule has 7 heteroatoms. The van der Waals surface area contributed by atoms with E-state index in [0.717, 1.165) is 5.56 Å². The van der Waals surface area contributed by atoms with Gasteiger partial charge in [-0.3, -0.25) is 19.3 Å². The minimum absolute atomic E-state index is 0.147. The van der Waals surface area contributed by atoms with Crippen LogP contribution in [-0.2, 0) is 4.79 Å². The van der Waals surface area contributed by atoms with Crippen molar-refractivity contribution in [3.05, 3.63) is 96.1 Å². The average molecular weight is 427 g/mol. The van der Waals surface area contributed by atoms with Crippen LogP contribution in [0.3, 0.4) is 0 Å². The highest BCUT2D eigenvalue weighted by Crippen LogP contribution is 2.30. The molecule has 3 aromatic carbocycles. The van der Waals surface area contributed by atoms with Gasteiger partial charge in [-0.15, -0.1) is 0 Å². The zero-order valence-electron chi connectivity index (χ0n) is 17.4. The van der Waals surface area contributed by atoms with Gasteiger partial charge in [0.15, 0.2) is 0 Å². The van der Waals surface area contributed by atoms with Crippen LogP contribution in [0.25, 0.3) is 5.70 Å². The van der Waals surface area contributed by atoms with Crippen LogP contribution >= 0.6 is 0 Å². The Hall–Kier alpha value is -4.39. The molecular formula is C25H21N3O4. The molecule has 0 bridgehead atoms. The number of hydrogen-bond donors (Lipinski definition) is 2. The molecule has 1 aliphatic rings. The van der Waals surface area contributed by atoms with Gasteiger partial charge in [-0.2, -0.15) is 0 Å². The number of methoxy groups -OCH3 is 1. The summed E-state index contributed by atoms with van der Waals surface area (Å²) in [4.78, 5) is 38.8. The van der Waals surface area contributed by atoms with Crippen LogP contribution in [0.2, 0.25) is 0 Å². The Balaban J connectivity index is 1.35. The molecule has 0 spiro atoms. The van der Waals surface area contributed by atoms with E-state index in [1.807, 2.05) is 12.1 Å². The number of carbonyl (C=O) groups excluding carboxylic acids is 3. The number of amides is 3. The van der Waals surface area contributed by atoms with E-state index in [-0.39, 0.29) is 24.3 Å². The number of hydrogen-bond acceptors (Lipinski definition) is 4. The number of benzene rings is 3. The Morgan fingerprint density at radius 3 is 2.09 bits per heavy atom. The van der Waals surface area contributed by atoms with E-state index in [1.165, 1.54) is 4.90 Å². The van der Waals surface area contributed by atoms with Crippen molar-refractivity contribution in [1.29, 1.82) is 0 Å². The molecule has 0 saturated heterocycles. The largest absolute Gasteiger partial charge is 0.497 e. The Bertz CT molecular complexity index is 1170. The maximum Gasteiger partial charge on any atom is 0.259 e. The van der Waals surface area contributed by atoms with Gasteiger partial charge in [-0.1, -0.05) is 24.8 Å². The number of nitrogens with one attached hydrogen (secondary N) is 2. The Morgan fingerprint density at radius 2 is 1.47 bits per heavy atom. The molecule has 160 valence electrons. The van der Waals surface area contributed by atoms with Gasteiger partial charge >= 0.3 is 0 Å². The predicted molar refractivity (Wildman–Crippen MR) is 123 cm³/mol. The van der Waals surface area contributed by atoms with Crippen molar-refractivity contribution >= 4 is 34.8 Å². The highest BCUT2D eigenvalue weighted by Gasteiger charge is 2.31. The summed E-state index contributed by atoms with van der Waals surface area (Å²) in [5.74, 6) is -0.176. The second kappa shape index (κ2) is 8.77. The van der Waals surface area contributed by atoms with Gasteiger partial charge in [0.05, 0.1) is 7.11 Å². The monoisotopic (exact) mass is 427 g/mol. The third kappa shape index (κ3) is 4.22. The topological polar surface area (TPSA) is 87.7 Å². The van der Waals surface area contributed by atoms with E-state index in [4.69, 9.17) is 4.74 Å². The van der Waals surface area contributed by atoms with Gasteiger partial charge < -0.3 is 15.4 Å². The fourth-order valence-corrected chi connectivity index (χ4v) is 3.43. The molecule has 3 amide bonds. The molecule has 0 aliphatic carbocycles. The predicted octanol–water partition coefficient (Wildman–Crippen LogP) is 4.01. The third-order valence-electron chi connectivity index (χ3n) is 5.12. The summed E-state index contributed by atoms with van der Waals surface area (Å²) in [6.07, 6.45) is 0. The highest BCUT2D eigenvalue weighted by atomic mass is 16.5. The molecule has 3 aromatic rings. The number of fused-ring (bicyclic) bond motifs is 1. The molecule has 4 rings (SSSR count). The number of carbonyl (C=O) groups is 3. The van der Waals surface area contributed by atoms with E-state index < -0.39 is 0 Å². The fourth-order valence-electron chi connectivity index (χ4n) is 3.43. The minimum Gasteiger partial charge on any atom is -0.497 e. The molecule has 0 atom stereocenters. The first-order valence-electron chi connectivity index (χ1n) is 9.92. The van der Waals surface area contributed by atoms with Gasteiger partial charge in [0.1, 0.15) is 12.3 Å². The van der Waals surface area contributed by atoms with Crippen LogP contribution in [0.5, 0.6) is 5.75 Å². The maximum atomic E-state index is 12.5. The van der Waals surface area contributed by atoms with Crippen molar-refractivity contribution in [2.75, 3.05) is 24.3 Å². The lowest BCUT2D eigenvalue weighted by molar-refractivity contribution is -0.116. The molecule has 0 fully saturated rings. The number of nitrogens with zero attached hydrogens (tertiary/aromatic N) is 1. The zero-order chi connectivity index (χ0) is 22.7. The Labute approximate surface area is 185 Å². The smallest absolute Gasteiger partial charge is 0.259 e. The van der Waals surface area contributed by atoms with Gasteiger partial charge in [0.25, 0.3) is 11.8 Å². The summed E-state index contributed by atoms with van der Waals surface area (Å²) in [7, 11) is 1.58. The molecule has 7 nitrogen and oxygen atoms in total. The molecular weight excluding hydrogens is 406 g/mol. The quantitative estimate of drug-likeness (QED) is 0.622. The Morgan fingerprint density at radius 1 is 0.875 bits per heavy atom. The number of ether oxygens (including phenoxy) is 1. The molecule has 32 heavy (non-hydrogen) atoms. The standard InChI is InChI=1S/C25H21N3O4/c1-16-21-5-3-4-6-22(21)25(31)28(16)15-23(29)26-18-9-7-17(8-10-18)24(30)27-19-11-13-20(32-2)14-12-19/h3-14H,1,15H2,2H3,(H,26,29)(H,27,30). The average Bonchev–Trinajstić information content (AvgIpc) is 3.05. The van der Waals surface area contributed by atoms with E-state index in [9.17, 15) is 14.4 Å². The van der Waals surface area contributed by atoms with Crippen molar-refractivity contribution in [1.82, 2.24) is 4.90 Å². The summed E-state index contributed by atoms with van der Waals surface area (Å²) in [5.41, 5.74) is 3.38. The van der Waals surface area contributed by atoms with Gasteiger partial charge in [0.2, 0.25) is 5.91 Å².